The van der Waals surface area contributed by atoms with E-state index in [9.17, 15) is 9.18 Å². The highest BCUT2D eigenvalue weighted by Crippen LogP contribution is 2.25. The topological polar surface area (TPSA) is 20.3 Å². The summed E-state index contributed by atoms with van der Waals surface area (Å²) in [5.74, 6) is 0.391. The number of thiocarbonyl (C=S) groups is 1. The summed E-state index contributed by atoms with van der Waals surface area (Å²) < 4.78 is 13.2. The van der Waals surface area contributed by atoms with E-state index in [1.165, 1.54) is 28.8 Å². The second kappa shape index (κ2) is 4.28. The molecule has 0 N–H and O–H groups in total. The first kappa shape index (κ1) is 10.6. The molecular formula is C10H8FNOS2. The first-order valence-corrected chi connectivity index (χ1v) is 5.83. The molecule has 0 spiro atoms. The van der Waals surface area contributed by atoms with Gasteiger partial charge in [0.1, 0.15) is 10.1 Å². The molecule has 1 heterocycles. The summed E-state index contributed by atoms with van der Waals surface area (Å²) in [4.78, 5) is 13.1. The number of anilines is 1. The number of halogens is 1. The molecule has 0 bridgehead atoms. The SMILES string of the molecule is O=C1CCSC(=S)N1c1ccc(F)cc1. The fourth-order valence-electron chi connectivity index (χ4n) is 1.34. The van der Waals surface area contributed by atoms with Gasteiger partial charge in [0.2, 0.25) is 5.91 Å². The van der Waals surface area contributed by atoms with Gasteiger partial charge in [0, 0.05) is 12.2 Å². The quantitative estimate of drug-likeness (QED) is 0.705. The van der Waals surface area contributed by atoms with E-state index in [4.69, 9.17) is 12.2 Å². The van der Waals surface area contributed by atoms with Crippen LogP contribution in [0.4, 0.5) is 10.1 Å². The molecule has 1 aliphatic heterocycles. The Morgan fingerprint density at radius 2 is 2.00 bits per heavy atom. The van der Waals surface area contributed by atoms with Gasteiger partial charge < -0.3 is 0 Å². The van der Waals surface area contributed by atoms with E-state index in [2.05, 4.69) is 0 Å². The first-order chi connectivity index (χ1) is 7.18. The van der Waals surface area contributed by atoms with Gasteiger partial charge in [0.05, 0.1) is 5.69 Å². The minimum Gasteiger partial charge on any atom is -0.274 e. The van der Waals surface area contributed by atoms with E-state index in [1.54, 1.807) is 12.1 Å². The van der Waals surface area contributed by atoms with Gasteiger partial charge in [-0.2, -0.15) is 0 Å². The molecule has 5 heteroatoms. The zero-order valence-corrected chi connectivity index (χ0v) is 9.41. The molecule has 0 aromatic heterocycles. The highest BCUT2D eigenvalue weighted by atomic mass is 32.2. The first-order valence-electron chi connectivity index (χ1n) is 4.44. The van der Waals surface area contributed by atoms with Crippen LogP contribution in [0.2, 0.25) is 0 Å². The van der Waals surface area contributed by atoms with Crippen LogP contribution in [0.25, 0.3) is 0 Å². The molecule has 1 aromatic rings. The van der Waals surface area contributed by atoms with Crippen molar-refractivity contribution >= 4 is 39.9 Å². The summed E-state index contributed by atoms with van der Waals surface area (Å²) in [5, 5.41) is 0. The van der Waals surface area contributed by atoms with Gasteiger partial charge in [-0.05, 0) is 24.3 Å². The highest BCUT2D eigenvalue weighted by Gasteiger charge is 2.24. The Morgan fingerprint density at radius 3 is 2.60 bits per heavy atom. The number of rotatable bonds is 1. The number of carbonyl (C=O) groups is 1. The second-order valence-electron chi connectivity index (χ2n) is 3.07. The number of thioether (sulfide) groups is 1. The molecular weight excluding hydrogens is 233 g/mol. The molecule has 0 atom stereocenters. The number of nitrogens with zero attached hydrogens (tertiary/aromatic N) is 1. The number of hydrogen-bond acceptors (Lipinski definition) is 3. The smallest absolute Gasteiger partial charge is 0.233 e. The van der Waals surface area contributed by atoms with Crippen molar-refractivity contribution in [3.05, 3.63) is 30.1 Å². The van der Waals surface area contributed by atoms with Gasteiger partial charge >= 0.3 is 0 Å². The zero-order chi connectivity index (χ0) is 10.8. The third-order valence-electron chi connectivity index (χ3n) is 2.06. The molecule has 2 rings (SSSR count). The Hall–Kier alpha value is -0.940. The molecule has 1 aliphatic rings. The standard InChI is InChI=1S/C10H8FNOS2/c11-7-1-3-8(4-2-7)12-9(13)5-6-15-10(12)14/h1-4H,5-6H2. The van der Waals surface area contributed by atoms with Crippen LogP contribution in [0.1, 0.15) is 6.42 Å². The maximum absolute atomic E-state index is 12.7. The molecule has 0 radical (unpaired) electrons. The second-order valence-corrected chi connectivity index (χ2v) is 4.80. The lowest BCUT2D eigenvalue weighted by Crippen LogP contribution is -2.37. The molecule has 1 aromatic carbocycles. The van der Waals surface area contributed by atoms with Crippen molar-refractivity contribution in [2.75, 3.05) is 10.7 Å². The average molecular weight is 241 g/mol. The summed E-state index contributed by atoms with van der Waals surface area (Å²) >= 11 is 6.57. The van der Waals surface area contributed by atoms with E-state index in [1.807, 2.05) is 0 Å². The van der Waals surface area contributed by atoms with Crippen molar-refractivity contribution in [2.45, 2.75) is 6.42 Å². The molecule has 78 valence electrons. The Balaban J connectivity index is 2.31. The fraction of sp³-hybridized carbons (Fsp3) is 0.200. The van der Waals surface area contributed by atoms with Gasteiger partial charge in [-0.1, -0.05) is 24.0 Å². The molecule has 1 fully saturated rings. The molecule has 0 unspecified atom stereocenters. The molecule has 0 aliphatic carbocycles. The van der Waals surface area contributed by atoms with E-state index in [0.29, 0.717) is 16.4 Å². The third kappa shape index (κ3) is 2.18. The Kier molecular flexibility index (Phi) is 3.02. The highest BCUT2D eigenvalue weighted by molar-refractivity contribution is 8.23. The minimum atomic E-state index is -0.318. The summed E-state index contributed by atoms with van der Waals surface area (Å²) in [6, 6.07) is 5.77. The van der Waals surface area contributed by atoms with Crippen LogP contribution in [0.5, 0.6) is 0 Å². The number of amides is 1. The summed E-state index contributed by atoms with van der Waals surface area (Å²) in [6.45, 7) is 0. The van der Waals surface area contributed by atoms with Crippen LogP contribution in [0.15, 0.2) is 24.3 Å². The predicted molar refractivity (Wildman–Crippen MR) is 63.6 cm³/mol. The summed E-state index contributed by atoms with van der Waals surface area (Å²) in [7, 11) is 0. The molecule has 2 nitrogen and oxygen atoms in total. The summed E-state index contributed by atoms with van der Waals surface area (Å²) in [6.07, 6.45) is 0.474. The number of benzene rings is 1. The third-order valence-corrected chi connectivity index (χ3v) is 3.43. The van der Waals surface area contributed by atoms with E-state index in [0.717, 1.165) is 5.75 Å². The zero-order valence-electron chi connectivity index (χ0n) is 7.77. The van der Waals surface area contributed by atoms with Crippen molar-refractivity contribution in [1.82, 2.24) is 0 Å². The molecule has 1 amide bonds. The van der Waals surface area contributed by atoms with E-state index >= 15 is 0 Å². The maximum atomic E-state index is 12.7. The molecule has 1 saturated heterocycles. The van der Waals surface area contributed by atoms with Crippen LogP contribution < -0.4 is 4.90 Å². The van der Waals surface area contributed by atoms with Crippen molar-refractivity contribution in [3.63, 3.8) is 0 Å². The lowest BCUT2D eigenvalue weighted by Gasteiger charge is -2.26. The van der Waals surface area contributed by atoms with Crippen molar-refractivity contribution in [1.29, 1.82) is 0 Å². The van der Waals surface area contributed by atoms with Crippen LogP contribution in [-0.2, 0) is 4.79 Å². The van der Waals surface area contributed by atoms with Gasteiger partial charge in [0.15, 0.2) is 0 Å². The Labute approximate surface area is 96.5 Å². The maximum Gasteiger partial charge on any atom is 0.233 e. The number of carbonyl (C=O) groups excluding carboxylic acids is 1. The Bertz CT molecular complexity index is 388. The van der Waals surface area contributed by atoms with Crippen LogP contribution in [0, 0.1) is 5.82 Å². The number of hydrogen-bond donors (Lipinski definition) is 0. The van der Waals surface area contributed by atoms with Gasteiger partial charge in [0.25, 0.3) is 0 Å². The van der Waals surface area contributed by atoms with Gasteiger partial charge in [-0.3, -0.25) is 9.69 Å². The van der Waals surface area contributed by atoms with Crippen molar-refractivity contribution in [3.8, 4) is 0 Å². The lowest BCUT2D eigenvalue weighted by atomic mass is 10.2. The average Bonchev–Trinajstić information content (AvgIpc) is 2.20. The lowest BCUT2D eigenvalue weighted by molar-refractivity contribution is -0.117. The van der Waals surface area contributed by atoms with Gasteiger partial charge in [-0.25, -0.2) is 4.39 Å². The monoisotopic (exact) mass is 241 g/mol. The summed E-state index contributed by atoms with van der Waals surface area (Å²) in [5.41, 5.74) is 0.638. The fourth-order valence-corrected chi connectivity index (χ4v) is 2.59. The van der Waals surface area contributed by atoms with E-state index in [-0.39, 0.29) is 11.7 Å². The van der Waals surface area contributed by atoms with Crippen LogP contribution >= 0.6 is 24.0 Å². The normalized spacial score (nSPS) is 17.0. The minimum absolute atomic E-state index is 0.0228. The Morgan fingerprint density at radius 1 is 1.33 bits per heavy atom. The largest absolute Gasteiger partial charge is 0.274 e. The van der Waals surface area contributed by atoms with Crippen LogP contribution in [0.3, 0.4) is 0 Å². The van der Waals surface area contributed by atoms with Gasteiger partial charge in [-0.15, -0.1) is 0 Å². The van der Waals surface area contributed by atoms with Crippen molar-refractivity contribution < 1.29 is 9.18 Å². The molecule has 0 saturated carbocycles. The predicted octanol–water partition coefficient (Wildman–Crippen LogP) is 2.58. The van der Waals surface area contributed by atoms with E-state index < -0.39 is 0 Å². The van der Waals surface area contributed by atoms with Crippen molar-refractivity contribution in [2.24, 2.45) is 0 Å². The van der Waals surface area contributed by atoms with Crippen LogP contribution in [-0.4, -0.2) is 16.0 Å². The molecule has 15 heavy (non-hydrogen) atoms.